The van der Waals surface area contributed by atoms with Crippen LogP contribution in [0.5, 0.6) is 0 Å². The molecular weight excluding hydrogens is 264 g/mol. The van der Waals surface area contributed by atoms with E-state index in [-0.39, 0.29) is 5.76 Å². The first-order valence-electron chi connectivity index (χ1n) is 6.65. The lowest BCUT2D eigenvalue weighted by Gasteiger charge is -2.01. The van der Waals surface area contributed by atoms with Crippen molar-refractivity contribution in [2.45, 2.75) is 6.92 Å². The van der Waals surface area contributed by atoms with Crippen molar-refractivity contribution in [3.63, 3.8) is 0 Å². The first-order valence-corrected chi connectivity index (χ1v) is 6.65. The van der Waals surface area contributed by atoms with E-state index in [9.17, 15) is 9.90 Å². The molecule has 3 heteroatoms. The smallest absolute Gasteiger partial charge is 0.372 e. The monoisotopic (exact) mass is 278 g/mol. The van der Waals surface area contributed by atoms with E-state index in [1.54, 1.807) is 6.07 Å². The fourth-order valence-electron chi connectivity index (χ4n) is 2.37. The highest BCUT2D eigenvalue weighted by atomic mass is 16.4. The molecule has 0 aliphatic heterocycles. The standard InChI is InChI=1S/C18H14O3/c1-12(13-7-3-2-4-8-13)11-15-14-9-5-6-10-16(14)21-17(15)18(19)20/h2-11H,1H3,(H,19,20)/b12-11+. The number of hydrogen-bond acceptors (Lipinski definition) is 2. The number of fused-ring (bicyclic) bond motifs is 1. The van der Waals surface area contributed by atoms with E-state index in [0.29, 0.717) is 11.1 Å². The van der Waals surface area contributed by atoms with Crippen LogP contribution in [0.1, 0.15) is 28.6 Å². The third kappa shape index (κ3) is 2.46. The van der Waals surface area contributed by atoms with E-state index in [4.69, 9.17) is 4.42 Å². The predicted octanol–water partition coefficient (Wildman–Crippen LogP) is 4.69. The van der Waals surface area contributed by atoms with Gasteiger partial charge in [-0.25, -0.2) is 4.79 Å². The van der Waals surface area contributed by atoms with E-state index in [0.717, 1.165) is 16.5 Å². The van der Waals surface area contributed by atoms with Crippen LogP contribution in [0.25, 0.3) is 22.6 Å². The highest BCUT2D eigenvalue weighted by Gasteiger charge is 2.18. The number of aromatic carboxylic acids is 1. The first-order chi connectivity index (χ1) is 10.2. The summed E-state index contributed by atoms with van der Waals surface area (Å²) in [5.41, 5.74) is 3.24. The lowest BCUT2D eigenvalue weighted by atomic mass is 10.0. The average molecular weight is 278 g/mol. The largest absolute Gasteiger partial charge is 0.475 e. The van der Waals surface area contributed by atoms with Gasteiger partial charge in [0.1, 0.15) is 5.58 Å². The Labute approximate surface area is 122 Å². The average Bonchev–Trinajstić information content (AvgIpc) is 2.87. The zero-order chi connectivity index (χ0) is 14.8. The van der Waals surface area contributed by atoms with Crippen LogP contribution in [-0.4, -0.2) is 11.1 Å². The predicted molar refractivity (Wildman–Crippen MR) is 83.2 cm³/mol. The van der Waals surface area contributed by atoms with Gasteiger partial charge in [0.05, 0.1) is 0 Å². The summed E-state index contributed by atoms with van der Waals surface area (Å²) in [4.78, 5) is 11.4. The van der Waals surface area contributed by atoms with Crippen LogP contribution in [0.3, 0.4) is 0 Å². The van der Waals surface area contributed by atoms with Gasteiger partial charge in [0.15, 0.2) is 0 Å². The van der Waals surface area contributed by atoms with Crippen molar-refractivity contribution in [1.29, 1.82) is 0 Å². The van der Waals surface area contributed by atoms with Crippen molar-refractivity contribution in [1.82, 2.24) is 0 Å². The molecule has 0 aliphatic rings. The summed E-state index contributed by atoms with van der Waals surface area (Å²) in [6.07, 6.45) is 1.87. The Morgan fingerprint density at radius 1 is 1.05 bits per heavy atom. The molecule has 0 fully saturated rings. The number of para-hydroxylation sites is 1. The minimum Gasteiger partial charge on any atom is -0.475 e. The summed E-state index contributed by atoms with van der Waals surface area (Å²) in [5.74, 6) is -1.08. The van der Waals surface area contributed by atoms with Gasteiger partial charge in [-0.1, -0.05) is 48.5 Å². The minimum atomic E-state index is -1.06. The van der Waals surface area contributed by atoms with Crippen LogP contribution in [0.4, 0.5) is 0 Å². The lowest BCUT2D eigenvalue weighted by Crippen LogP contribution is -1.96. The summed E-state index contributed by atoms with van der Waals surface area (Å²) in [5, 5.41) is 10.1. The molecule has 1 heterocycles. The van der Waals surface area contributed by atoms with E-state index in [1.165, 1.54) is 0 Å². The van der Waals surface area contributed by atoms with Gasteiger partial charge in [0, 0.05) is 10.9 Å². The molecule has 3 rings (SSSR count). The van der Waals surface area contributed by atoms with Crippen molar-refractivity contribution >= 4 is 28.6 Å². The molecule has 104 valence electrons. The number of carbonyl (C=O) groups is 1. The fraction of sp³-hybridized carbons (Fsp3) is 0.0556. The van der Waals surface area contributed by atoms with E-state index in [2.05, 4.69) is 0 Å². The molecule has 3 nitrogen and oxygen atoms in total. The number of carboxylic acid groups (broad SMARTS) is 1. The molecule has 0 bridgehead atoms. The SMILES string of the molecule is C/C(=C\c1c(C(=O)O)oc2ccccc12)c1ccccc1. The molecule has 0 radical (unpaired) electrons. The maximum atomic E-state index is 11.4. The molecule has 3 aromatic rings. The topological polar surface area (TPSA) is 50.4 Å². The maximum absolute atomic E-state index is 11.4. The van der Waals surface area contributed by atoms with Gasteiger partial charge in [0.25, 0.3) is 0 Å². The second-order valence-corrected chi connectivity index (χ2v) is 4.84. The van der Waals surface area contributed by atoms with Gasteiger partial charge in [-0.2, -0.15) is 0 Å². The molecule has 0 unspecified atom stereocenters. The molecule has 0 saturated carbocycles. The summed E-state index contributed by atoms with van der Waals surface area (Å²) < 4.78 is 5.45. The highest BCUT2D eigenvalue weighted by molar-refractivity contribution is 6.02. The number of benzene rings is 2. The van der Waals surface area contributed by atoms with Crippen molar-refractivity contribution in [3.8, 4) is 0 Å². The maximum Gasteiger partial charge on any atom is 0.372 e. The van der Waals surface area contributed by atoms with Crippen molar-refractivity contribution < 1.29 is 14.3 Å². The second-order valence-electron chi connectivity index (χ2n) is 4.84. The molecule has 0 atom stereocenters. The van der Waals surface area contributed by atoms with Crippen LogP contribution >= 0.6 is 0 Å². The third-order valence-electron chi connectivity index (χ3n) is 3.42. The molecule has 1 aromatic heterocycles. The molecule has 0 aliphatic carbocycles. The van der Waals surface area contributed by atoms with E-state index in [1.807, 2.05) is 61.5 Å². The van der Waals surface area contributed by atoms with Gasteiger partial charge in [0.2, 0.25) is 5.76 Å². The van der Waals surface area contributed by atoms with Crippen LogP contribution in [0.15, 0.2) is 59.0 Å². The summed E-state index contributed by atoms with van der Waals surface area (Å²) in [7, 11) is 0. The van der Waals surface area contributed by atoms with E-state index >= 15 is 0 Å². The molecule has 2 aromatic carbocycles. The number of hydrogen-bond donors (Lipinski definition) is 1. The number of furan rings is 1. The molecule has 21 heavy (non-hydrogen) atoms. The molecule has 0 amide bonds. The van der Waals surface area contributed by atoms with Crippen LogP contribution in [0, 0.1) is 0 Å². The second kappa shape index (κ2) is 5.29. The molecule has 1 N–H and O–H groups in total. The molecular formula is C18H14O3. The van der Waals surface area contributed by atoms with Crippen LogP contribution in [-0.2, 0) is 0 Å². The number of rotatable bonds is 3. The Hall–Kier alpha value is -2.81. The van der Waals surface area contributed by atoms with Crippen molar-refractivity contribution in [3.05, 3.63) is 71.5 Å². The molecule has 0 spiro atoms. The van der Waals surface area contributed by atoms with Gasteiger partial charge in [-0.3, -0.25) is 0 Å². The number of carboxylic acids is 1. The first kappa shape index (κ1) is 13.2. The molecule has 0 saturated heterocycles. The Bertz CT molecular complexity index is 826. The lowest BCUT2D eigenvalue weighted by molar-refractivity contribution is 0.0664. The van der Waals surface area contributed by atoms with Gasteiger partial charge < -0.3 is 9.52 Å². The highest BCUT2D eigenvalue weighted by Crippen LogP contribution is 2.29. The van der Waals surface area contributed by atoms with Gasteiger partial charge in [-0.05, 0) is 30.2 Å². The zero-order valence-corrected chi connectivity index (χ0v) is 11.5. The Kier molecular flexibility index (Phi) is 3.32. The fourth-order valence-corrected chi connectivity index (χ4v) is 2.37. The number of allylic oxidation sites excluding steroid dienone is 1. The van der Waals surface area contributed by atoms with Crippen molar-refractivity contribution in [2.24, 2.45) is 0 Å². The van der Waals surface area contributed by atoms with Crippen LogP contribution < -0.4 is 0 Å². The quantitative estimate of drug-likeness (QED) is 0.756. The Balaban J connectivity index is 2.20. The zero-order valence-electron chi connectivity index (χ0n) is 11.5. The Morgan fingerprint density at radius 3 is 2.43 bits per heavy atom. The minimum absolute atomic E-state index is 0.0218. The van der Waals surface area contributed by atoms with Crippen molar-refractivity contribution in [2.75, 3.05) is 0 Å². The normalized spacial score (nSPS) is 11.8. The Morgan fingerprint density at radius 2 is 1.71 bits per heavy atom. The third-order valence-corrected chi connectivity index (χ3v) is 3.42. The summed E-state index contributed by atoms with van der Waals surface area (Å²) in [6.45, 7) is 1.96. The van der Waals surface area contributed by atoms with Gasteiger partial charge >= 0.3 is 5.97 Å². The van der Waals surface area contributed by atoms with E-state index < -0.39 is 5.97 Å². The summed E-state index contributed by atoms with van der Waals surface area (Å²) >= 11 is 0. The van der Waals surface area contributed by atoms with Gasteiger partial charge in [-0.15, -0.1) is 0 Å². The summed E-state index contributed by atoms with van der Waals surface area (Å²) in [6, 6.07) is 17.2. The van der Waals surface area contributed by atoms with Crippen LogP contribution in [0.2, 0.25) is 0 Å².